The van der Waals surface area contributed by atoms with E-state index < -0.39 is 0 Å². The molecule has 3 nitrogen and oxygen atoms in total. The van der Waals surface area contributed by atoms with E-state index in [1.54, 1.807) is 0 Å². The fraction of sp³-hybridized carbons (Fsp3) is 0.0909. The molecule has 1 aromatic heterocycles. The highest BCUT2D eigenvalue weighted by molar-refractivity contribution is 6.13. The molecule has 9 rings (SSSR count). The largest absolute Gasteiger partial charge is 0.333 e. The second kappa shape index (κ2) is 10.4. The lowest BCUT2D eigenvalue weighted by Crippen LogP contribution is -2.41. The zero-order valence-corrected chi connectivity index (χ0v) is 26.9. The number of aromatic nitrogens is 1. The van der Waals surface area contributed by atoms with Crippen LogP contribution in [0.1, 0.15) is 20.8 Å². The van der Waals surface area contributed by atoms with Crippen molar-refractivity contribution in [1.82, 2.24) is 4.57 Å². The van der Waals surface area contributed by atoms with Gasteiger partial charge in [-0.2, -0.15) is 0 Å². The predicted octanol–water partition coefficient (Wildman–Crippen LogP) is 12.3. The first-order valence-electron chi connectivity index (χ1n) is 16.4. The average molecular weight is 606 g/mol. The van der Waals surface area contributed by atoms with Crippen LogP contribution in [0.4, 0.5) is 28.4 Å². The smallest absolute Gasteiger partial charge is 0.0700 e. The lowest BCUT2D eigenvalue weighted by Gasteiger charge is -2.46. The van der Waals surface area contributed by atoms with Gasteiger partial charge in [0.25, 0.3) is 0 Å². The number of hydrogen-bond acceptors (Lipinski definition) is 2. The SMILES string of the molecule is CC(C)(C)N1c2ccccc2N(c2ccc(-c3ccc4c(c3)c3ccccc3n4-c3ccccc3)c3ccccc23)c2ccccc21. The van der Waals surface area contributed by atoms with Crippen LogP contribution in [0.15, 0.2) is 158 Å². The first-order chi connectivity index (χ1) is 23.0. The number of rotatable bonds is 3. The van der Waals surface area contributed by atoms with Crippen LogP contribution in [0.5, 0.6) is 0 Å². The van der Waals surface area contributed by atoms with E-state index in [0.29, 0.717) is 0 Å². The molecule has 0 N–H and O–H groups in total. The Labute approximate surface area is 275 Å². The lowest BCUT2D eigenvalue weighted by molar-refractivity contribution is 0.559. The van der Waals surface area contributed by atoms with E-state index in [0.717, 1.165) is 0 Å². The highest BCUT2D eigenvalue weighted by Crippen LogP contribution is 2.55. The summed E-state index contributed by atoms with van der Waals surface area (Å²) in [6.45, 7) is 6.86. The zero-order valence-electron chi connectivity index (χ0n) is 26.9. The van der Waals surface area contributed by atoms with Crippen LogP contribution >= 0.6 is 0 Å². The molecule has 47 heavy (non-hydrogen) atoms. The Hall–Kier alpha value is -5.80. The van der Waals surface area contributed by atoms with Crippen LogP contribution in [0.3, 0.4) is 0 Å². The topological polar surface area (TPSA) is 11.4 Å². The third-order valence-electron chi connectivity index (χ3n) is 9.54. The van der Waals surface area contributed by atoms with Crippen molar-refractivity contribution < 1.29 is 0 Å². The van der Waals surface area contributed by atoms with E-state index in [9.17, 15) is 0 Å². The summed E-state index contributed by atoms with van der Waals surface area (Å²) in [7, 11) is 0. The summed E-state index contributed by atoms with van der Waals surface area (Å²) in [5, 5.41) is 4.99. The van der Waals surface area contributed by atoms with E-state index in [1.807, 2.05) is 0 Å². The minimum Gasteiger partial charge on any atom is -0.333 e. The van der Waals surface area contributed by atoms with Gasteiger partial charge < -0.3 is 14.4 Å². The lowest BCUT2D eigenvalue weighted by atomic mass is 9.94. The standard InChI is InChI=1S/C44H35N3/c1-44(2,3)47-42-23-13-11-21-40(42)46(41-22-12-14-24-43(41)47)38-28-26-32(33-17-7-8-18-34(33)38)30-25-27-39-36(29-30)35-19-9-10-20-37(35)45(39)31-15-5-4-6-16-31/h4-29H,1-3H3. The Morgan fingerprint density at radius 2 is 0.957 bits per heavy atom. The molecule has 2 heterocycles. The molecule has 3 heteroatoms. The van der Waals surface area contributed by atoms with Gasteiger partial charge in [-0.25, -0.2) is 0 Å². The molecule has 0 atom stereocenters. The molecule has 226 valence electrons. The summed E-state index contributed by atoms with van der Waals surface area (Å²) in [5.41, 5.74) is 12.0. The molecule has 7 aromatic carbocycles. The number of fused-ring (bicyclic) bond motifs is 6. The second-order valence-corrected chi connectivity index (χ2v) is 13.4. The number of hydrogen-bond donors (Lipinski definition) is 0. The molecule has 8 aromatic rings. The van der Waals surface area contributed by atoms with Crippen LogP contribution in [0, 0.1) is 0 Å². The van der Waals surface area contributed by atoms with Crippen molar-refractivity contribution in [3.63, 3.8) is 0 Å². The fourth-order valence-electron chi connectivity index (χ4n) is 7.65. The second-order valence-electron chi connectivity index (χ2n) is 13.4. The molecule has 0 saturated heterocycles. The third-order valence-corrected chi connectivity index (χ3v) is 9.54. The third kappa shape index (κ3) is 4.20. The summed E-state index contributed by atoms with van der Waals surface area (Å²) < 4.78 is 2.38. The molecule has 0 fully saturated rings. The van der Waals surface area contributed by atoms with Gasteiger partial charge in [0.15, 0.2) is 0 Å². The summed E-state index contributed by atoms with van der Waals surface area (Å²) in [6, 6.07) is 57.5. The van der Waals surface area contributed by atoms with E-state index in [4.69, 9.17) is 0 Å². The minimum absolute atomic E-state index is 0.0908. The van der Waals surface area contributed by atoms with Gasteiger partial charge in [0, 0.05) is 27.4 Å². The highest BCUT2D eigenvalue weighted by Gasteiger charge is 2.35. The van der Waals surface area contributed by atoms with Crippen LogP contribution in [-0.2, 0) is 0 Å². The zero-order chi connectivity index (χ0) is 31.7. The Kier molecular flexibility index (Phi) is 6.07. The predicted molar refractivity (Wildman–Crippen MR) is 200 cm³/mol. The first kappa shape index (κ1) is 27.5. The first-order valence-corrected chi connectivity index (χ1v) is 16.4. The van der Waals surface area contributed by atoms with Crippen molar-refractivity contribution in [1.29, 1.82) is 0 Å². The molecule has 0 bridgehead atoms. The van der Waals surface area contributed by atoms with Gasteiger partial charge in [-0.15, -0.1) is 0 Å². The quantitative estimate of drug-likeness (QED) is 0.198. The van der Waals surface area contributed by atoms with Crippen molar-refractivity contribution in [3.8, 4) is 16.8 Å². The molecule has 0 radical (unpaired) electrons. The molecular weight excluding hydrogens is 571 g/mol. The van der Waals surface area contributed by atoms with Gasteiger partial charge in [0.2, 0.25) is 0 Å². The number of nitrogens with zero attached hydrogens (tertiary/aromatic N) is 3. The average Bonchev–Trinajstić information content (AvgIpc) is 3.44. The van der Waals surface area contributed by atoms with E-state index in [1.165, 1.54) is 77.8 Å². The van der Waals surface area contributed by atoms with Crippen LogP contribution < -0.4 is 9.80 Å². The van der Waals surface area contributed by atoms with Crippen molar-refractivity contribution in [2.75, 3.05) is 9.80 Å². The van der Waals surface area contributed by atoms with Gasteiger partial charge in [-0.1, -0.05) is 97.1 Å². The number of benzene rings is 7. The van der Waals surface area contributed by atoms with Crippen molar-refractivity contribution >= 4 is 61.0 Å². The maximum atomic E-state index is 2.48. The van der Waals surface area contributed by atoms with E-state index >= 15 is 0 Å². The van der Waals surface area contributed by atoms with Crippen molar-refractivity contribution in [2.45, 2.75) is 26.3 Å². The van der Waals surface area contributed by atoms with Gasteiger partial charge in [-0.3, -0.25) is 0 Å². The molecule has 1 aliphatic heterocycles. The summed E-state index contributed by atoms with van der Waals surface area (Å²) >= 11 is 0. The summed E-state index contributed by atoms with van der Waals surface area (Å²) in [4.78, 5) is 4.93. The summed E-state index contributed by atoms with van der Waals surface area (Å²) in [6.07, 6.45) is 0. The van der Waals surface area contributed by atoms with Crippen molar-refractivity contribution in [2.24, 2.45) is 0 Å². The minimum atomic E-state index is -0.0908. The molecule has 0 unspecified atom stereocenters. The molecule has 0 aliphatic carbocycles. The fourth-order valence-corrected chi connectivity index (χ4v) is 7.65. The van der Waals surface area contributed by atoms with Gasteiger partial charge in [-0.05, 0) is 97.9 Å². The Morgan fingerprint density at radius 3 is 1.64 bits per heavy atom. The van der Waals surface area contributed by atoms with Crippen LogP contribution in [-0.4, -0.2) is 10.1 Å². The molecule has 0 amide bonds. The van der Waals surface area contributed by atoms with E-state index in [2.05, 4.69) is 193 Å². The highest BCUT2D eigenvalue weighted by atomic mass is 15.3. The monoisotopic (exact) mass is 605 g/mol. The van der Waals surface area contributed by atoms with Gasteiger partial charge >= 0.3 is 0 Å². The van der Waals surface area contributed by atoms with Crippen LogP contribution in [0.25, 0.3) is 49.4 Å². The molecular formula is C44H35N3. The number of para-hydroxylation sites is 6. The maximum Gasteiger partial charge on any atom is 0.0700 e. The normalized spacial score (nSPS) is 12.9. The van der Waals surface area contributed by atoms with E-state index in [-0.39, 0.29) is 5.54 Å². The van der Waals surface area contributed by atoms with Gasteiger partial charge in [0.1, 0.15) is 0 Å². The molecule has 0 saturated carbocycles. The summed E-state index contributed by atoms with van der Waals surface area (Å²) in [5.74, 6) is 0. The van der Waals surface area contributed by atoms with Gasteiger partial charge in [0.05, 0.1) is 39.5 Å². The molecule has 1 aliphatic rings. The molecule has 0 spiro atoms. The maximum absolute atomic E-state index is 2.48. The Bertz CT molecular complexity index is 2420. The Morgan fingerprint density at radius 1 is 0.404 bits per heavy atom. The number of anilines is 5. The Balaban J connectivity index is 1.26. The van der Waals surface area contributed by atoms with Crippen molar-refractivity contribution in [3.05, 3.63) is 158 Å². The van der Waals surface area contributed by atoms with Crippen LogP contribution in [0.2, 0.25) is 0 Å².